The van der Waals surface area contributed by atoms with Crippen molar-refractivity contribution in [2.75, 3.05) is 0 Å². The van der Waals surface area contributed by atoms with E-state index in [9.17, 15) is 9.59 Å². The zero-order valence-electron chi connectivity index (χ0n) is 26.5. The van der Waals surface area contributed by atoms with Crippen LogP contribution in [0.2, 0.25) is 0 Å². The molecule has 8 aliphatic rings. The number of rotatable bonds is 10. The fourth-order valence-corrected chi connectivity index (χ4v) is 13.5. The van der Waals surface area contributed by atoms with Gasteiger partial charge < -0.3 is 9.47 Å². The molecule has 41 heavy (non-hydrogen) atoms. The lowest BCUT2D eigenvalue weighted by Crippen LogP contribution is -2.59. The molecule has 4 nitrogen and oxygen atoms in total. The van der Waals surface area contributed by atoms with Gasteiger partial charge in [-0.25, -0.2) is 9.59 Å². The van der Waals surface area contributed by atoms with Gasteiger partial charge in [-0.1, -0.05) is 27.0 Å². The van der Waals surface area contributed by atoms with Gasteiger partial charge in [0.2, 0.25) is 0 Å². The Morgan fingerprint density at radius 1 is 0.805 bits per heavy atom. The van der Waals surface area contributed by atoms with Gasteiger partial charge in [0.25, 0.3) is 0 Å². The third-order valence-corrected chi connectivity index (χ3v) is 15.0. The smallest absolute Gasteiger partial charge is 0.333 e. The van der Waals surface area contributed by atoms with Gasteiger partial charge in [0.15, 0.2) is 0 Å². The molecule has 6 unspecified atom stereocenters. The van der Waals surface area contributed by atoms with Crippen molar-refractivity contribution in [3.8, 4) is 0 Å². The van der Waals surface area contributed by atoms with Crippen molar-refractivity contribution in [3.63, 3.8) is 0 Å². The number of hydrogen-bond donors (Lipinski definition) is 0. The molecule has 226 valence electrons. The summed E-state index contributed by atoms with van der Waals surface area (Å²) >= 11 is 0. The summed E-state index contributed by atoms with van der Waals surface area (Å²) in [6.45, 7) is 18.8. The van der Waals surface area contributed by atoms with Crippen LogP contribution in [-0.2, 0) is 19.1 Å². The predicted molar refractivity (Wildman–Crippen MR) is 161 cm³/mol. The van der Waals surface area contributed by atoms with Crippen LogP contribution < -0.4 is 0 Å². The summed E-state index contributed by atoms with van der Waals surface area (Å²) in [4.78, 5) is 26.6. The third-order valence-electron chi connectivity index (χ3n) is 15.0. The number of fused-ring (bicyclic) bond motifs is 2. The fourth-order valence-electron chi connectivity index (χ4n) is 13.5. The average Bonchev–Trinajstić information content (AvgIpc) is 3.18. The molecule has 8 rings (SSSR count). The van der Waals surface area contributed by atoms with Crippen molar-refractivity contribution >= 4 is 11.9 Å². The molecule has 0 aromatic carbocycles. The largest absolute Gasteiger partial charge is 0.456 e. The summed E-state index contributed by atoms with van der Waals surface area (Å²) in [7, 11) is 0. The van der Waals surface area contributed by atoms with Crippen molar-refractivity contribution in [1.82, 2.24) is 0 Å². The summed E-state index contributed by atoms with van der Waals surface area (Å²) in [5.74, 6) is 4.60. The third kappa shape index (κ3) is 3.76. The van der Waals surface area contributed by atoms with Gasteiger partial charge in [0, 0.05) is 22.0 Å². The Bertz CT molecular complexity index is 1140. The summed E-state index contributed by atoms with van der Waals surface area (Å²) in [6, 6.07) is 0. The van der Waals surface area contributed by atoms with Crippen LogP contribution in [-0.4, -0.2) is 23.1 Å². The maximum Gasteiger partial charge on any atom is 0.333 e. The zero-order valence-corrected chi connectivity index (χ0v) is 26.5. The fraction of sp³-hybridized carbons (Fsp3) is 0.838. The van der Waals surface area contributed by atoms with Crippen molar-refractivity contribution in [3.05, 3.63) is 24.3 Å². The first kappa shape index (κ1) is 28.2. The Labute approximate surface area is 248 Å². The van der Waals surface area contributed by atoms with Crippen LogP contribution in [0.5, 0.6) is 0 Å². The molecule has 8 saturated carbocycles. The van der Waals surface area contributed by atoms with E-state index in [1.54, 1.807) is 6.92 Å². The Morgan fingerprint density at radius 3 is 1.98 bits per heavy atom. The molecule has 7 bridgehead atoms. The molecule has 0 aromatic heterocycles. The van der Waals surface area contributed by atoms with Crippen molar-refractivity contribution in [2.45, 2.75) is 136 Å². The number of carbonyl (C=O) groups is 2. The van der Waals surface area contributed by atoms with Crippen LogP contribution in [0.15, 0.2) is 24.3 Å². The van der Waals surface area contributed by atoms with Crippen molar-refractivity contribution in [1.29, 1.82) is 0 Å². The van der Waals surface area contributed by atoms with E-state index in [2.05, 4.69) is 40.9 Å². The molecular weight excluding hydrogens is 508 g/mol. The second-order valence-electron chi connectivity index (χ2n) is 17.0. The second-order valence-corrected chi connectivity index (χ2v) is 17.0. The minimum absolute atomic E-state index is 0.0229. The SMILES string of the molecule is C=C(C)C(=O)OC(C)(C)C12CC3CC4(C1)C(CC4C3CC(=C)C(=O)OC(CC)(CC)C13CC4CC(CC(C4)C1)C3)C2. The standard InChI is InChI=1S/C37H54O4/c1-8-37(9-2,34-15-24-11-25(16-34)13-26(12-24)17-34)41-32(39)23(5)10-29-27-18-35(33(6,7)40-31(38)22(3)4)20-28-14-30(29)36(28,19-27)21-35/h24-30H,3,5,8-21H2,1-2,4,6-7H3. The van der Waals surface area contributed by atoms with E-state index < -0.39 is 5.60 Å². The van der Waals surface area contributed by atoms with E-state index in [1.165, 1.54) is 57.8 Å². The topological polar surface area (TPSA) is 52.6 Å². The maximum atomic E-state index is 13.9. The highest BCUT2D eigenvalue weighted by atomic mass is 16.6. The number of ether oxygens (including phenoxy) is 2. The molecule has 0 radical (unpaired) electrons. The van der Waals surface area contributed by atoms with Gasteiger partial charge >= 0.3 is 11.9 Å². The molecule has 0 saturated heterocycles. The number of hydrogen-bond acceptors (Lipinski definition) is 4. The second kappa shape index (κ2) is 8.98. The summed E-state index contributed by atoms with van der Waals surface area (Å²) in [5.41, 5.74) is 0.883. The average molecular weight is 563 g/mol. The van der Waals surface area contributed by atoms with E-state index in [-0.39, 0.29) is 28.4 Å². The first-order valence-electron chi connectivity index (χ1n) is 17.1. The Hall–Kier alpha value is -1.58. The zero-order chi connectivity index (χ0) is 29.2. The minimum atomic E-state index is -0.513. The van der Waals surface area contributed by atoms with Crippen LogP contribution in [0, 0.1) is 57.7 Å². The number of esters is 2. The van der Waals surface area contributed by atoms with Crippen LogP contribution in [0.3, 0.4) is 0 Å². The van der Waals surface area contributed by atoms with Gasteiger partial charge in [-0.2, -0.15) is 0 Å². The molecular formula is C37H54O4. The molecule has 8 aliphatic carbocycles. The highest BCUT2D eigenvalue weighted by molar-refractivity contribution is 5.88. The highest BCUT2D eigenvalue weighted by Crippen LogP contribution is 2.82. The number of carbonyl (C=O) groups excluding carboxylic acids is 2. The molecule has 1 spiro atoms. The van der Waals surface area contributed by atoms with Gasteiger partial charge in [-0.3, -0.25) is 0 Å². The monoisotopic (exact) mass is 562 g/mol. The molecule has 6 atom stereocenters. The minimum Gasteiger partial charge on any atom is -0.456 e. The lowest BCUT2D eigenvalue weighted by atomic mass is 9.44. The quantitative estimate of drug-likeness (QED) is 0.198. The molecule has 0 aromatic rings. The molecule has 8 fully saturated rings. The van der Waals surface area contributed by atoms with Crippen LogP contribution in [0.1, 0.15) is 125 Å². The molecule has 0 heterocycles. The summed E-state index contributed by atoms with van der Waals surface area (Å²) < 4.78 is 12.9. The lowest BCUT2D eigenvalue weighted by Gasteiger charge is -2.63. The molecule has 4 heteroatoms. The Balaban J connectivity index is 1.07. The van der Waals surface area contributed by atoms with Gasteiger partial charge in [-0.15, -0.1) is 0 Å². The summed E-state index contributed by atoms with van der Waals surface area (Å²) in [5, 5.41) is 0. The predicted octanol–water partition coefficient (Wildman–Crippen LogP) is 8.59. The van der Waals surface area contributed by atoms with Crippen LogP contribution in [0.25, 0.3) is 0 Å². The van der Waals surface area contributed by atoms with E-state index in [4.69, 9.17) is 9.47 Å². The summed E-state index contributed by atoms with van der Waals surface area (Å²) in [6.07, 6.45) is 16.5. The van der Waals surface area contributed by atoms with Crippen LogP contribution in [0.4, 0.5) is 0 Å². The maximum absolute atomic E-state index is 13.9. The highest BCUT2D eigenvalue weighted by Gasteiger charge is 2.76. The van der Waals surface area contributed by atoms with E-state index in [0.717, 1.165) is 55.8 Å². The van der Waals surface area contributed by atoms with Crippen molar-refractivity contribution in [2.24, 2.45) is 57.7 Å². The first-order valence-corrected chi connectivity index (χ1v) is 17.1. The van der Waals surface area contributed by atoms with Crippen LogP contribution >= 0.6 is 0 Å². The Morgan fingerprint density at radius 2 is 1.41 bits per heavy atom. The molecule has 0 N–H and O–H groups in total. The molecule has 0 amide bonds. The first-order chi connectivity index (χ1) is 19.3. The van der Waals surface area contributed by atoms with E-state index in [1.807, 2.05) is 0 Å². The van der Waals surface area contributed by atoms with Gasteiger partial charge in [-0.05, 0) is 158 Å². The van der Waals surface area contributed by atoms with Gasteiger partial charge in [0.1, 0.15) is 11.2 Å². The Kier molecular flexibility index (Phi) is 6.17. The van der Waals surface area contributed by atoms with Crippen molar-refractivity contribution < 1.29 is 19.1 Å². The van der Waals surface area contributed by atoms with Gasteiger partial charge in [0.05, 0.1) is 0 Å². The normalized spacial score (nSPS) is 44.9. The van der Waals surface area contributed by atoms with E-state index in [0.29, 0.717) is 34.3 Å². The van der Waals surface area contributed by atoms with E-state index >= 15 is 0 Å². The molecule has 0 aliphatic heterocycles. The lowest BCUT2D eigenvalue weighted by molar-refractivity contribution is -0.209.